The molecule has 1 aromatic carbocycles. The normalized spacial score (nSPS) is 16.5. The first kappa shape index (κ1) is 18.9. The fourth-order valence-electron chi connectivity index (χ4n) is 2.73. The van der Waals surface area contributed by atoms with Gasteiger partial charge in [-0.1, -0.05) is 0 Å². The molecule has 1 fully saturated rings. The van der Waals surface area contributed by atoms with Crippen LogP contribution in [-0.4, -0.2) is 70.9 Å². The molecule has 2 rings (SSSR count). The molecule has 1 saturated heterocycles. The van der Waals surface area contributed by atoms with Gasteiger partial charge in [-0.3, -0.25) is 9.59 Å². The number of amides is 2. The Morgan fingerprint density at radius 1 is 1.12 bits per heavy atom. The van der Waals surface area contributed by atoms with Crippen LogP contribution < -0.4 is 19.5 Å². The summed E-state index contributed by atoms with van der Waals surface area (Å²) in [5.74, 6) is 0.623. The number of nitrogens with zero attached hydrogens (tertiary/aromatic N) is 1. The summed E-state index contributed by atoms with van der Waals surface area (Å²) in [4.78, 5) is 26.2. The maximum absolute atomic E-state index is 12.4. The fourth-order valence-corrected chi connectivity index (χ4v) is 2.73. The minimum atomic E-state index is -0.393. The van der Waals surface area contributed by atoms with Crippen molar-refractivity contribution < 1.29 is 28.5 Å². The molecule has 2 amide bonds. The zero-order valence-corrected chi connectivity index (χ0v) is 15.0. The molecule has 1 heterocycles. The molecule has 1 aliphatic rings. The van der Waals surface area contributed by atoms with Gasteiger partial charge >= 0.3 is 0 Å². The zero-order valence-electron chi connectivity index (χ0n) is 15.0. The Balaban J connectivity index is 2.02. The fraction of sp³-hybridized carbons (Fsp3) is 0.529. The molecular formula is C17H24N2O6. The van der Waals surface area contributed by atoms with E-state index < -0.39 is 5.91 Å². The van der Waals surface area contributed by atoms with Crippen LogP contribution in [0.5, 0.6) is 17.2 Å². The lowest BCUT2D eigenvalue weighted by Crippen LogP contribution is -2.39. The highest BCUT2D eigenvalue weighted by atomic mass is 16.5. The van der Waals surface area contributed by atoms with E-state index in [1.165, 1.54) is 33.5 Å². The lowest BCUT2D eigenvalue weighted by atomic mass is 10.1. The summed E-state index contributed by atoms with van der Waals surface area (Å²) in [6, 6.07) is 3.08. The Labute approximate surface area is 147 Å². The van der Waals surface area contributed by atoms with Crippen LogP contribution in [0.4, 0.5) is 0 Å². The molecular weight excluding hydrogens is 328 g/mol. The number of ether oxygens (including phenoxy) is 4. The van der Waals surface area contributed by atoms with Gasteiger partial charge in [0.05, 0.1) is 34.0 Å². The summed E-state index contributed by atoms with van der Waals surface area (Å²) >= 11 is 0. The highest BCUT2D eigenvalue weighted by Gasteiger charge is 2.26. The van der Waals surface area contributed by atoms with Crippen molar-refractivity contribution in [3.8, 4) is 17.2 Å². The van der Waals surface area contributed by atoms with Gasteiger partial charge in [-0.05, 0) is 18.6 Å². The second-order valence-corrected chi connectivity index (χ2v) is 5.58. The quantitative estimate of drug-likeness (QED) is 0.777. The number of hydrogen-bond donors (Lipinski definition) is 1. The van der Waals surface area contributed by atoms with Crippen LogP contribution >= 0.6 is 0 Å². The summed E-state index contributed by atoms with van der Waals surface area (Å²) in [5.41, 5.74) is 0.318. The standard InChI is InChI=1S/C17H24N2O6/c1-22-12-5-6-19(10-12)15(20)9-18-17(21)11-7-13(23-2)16(25-4)14(8-11)24-3/h7-8,12H,5-6,9-10H2,1-4H3,(H,18,21). The molecule has 1 atom stereocenters. The average Bonchev–Trinajstić information content (AvgIpc) is 3.13. The van der Waals surface area contributed by atoms with Crippen LogP contribution in [-0.2, 0) is 9.53 Å². The van der Waals surface area contributed by atoms with Crippen LogP contribution in [0.1, 0.15) is 16.8 Å². The Morgan fingerprint density at radius 3 is 2.24 bits per heavy atom. The van der Waals surface area contributed by atoms with Crippen molar-refractivity contribution in [1.82, 2.24) is 10.2 Å². The van der Waals surface area contributed by atoms with E-state index in [2.05, 4.69) is 5.32 Å². The Hall–Kier alpha value is -2.48. The van der Waals surface area contributed by atoms with Gasteiger partial charge in [0.2, 0.25) is 11.7 Å². The smallest absolute Gasteiger partial charge is 0.251 e. The predicted octanol–water partition coefficient (Wildman–Crippen LogP) is 0.690. The zero-order chi connectivity index (χ0) is 18.4. The van der Waals surface area contributed by atoms with Gasteiger partial charge in [0.25, 0.3) is 5.91 Å². The van der Waals surface area contributed by atoms with E-state index >= 15 is 0 Å². The first-order valence-electron chi connectivity index (χ1n) is 7.92. The van der Waals surface area contributed by atoms with E-state index in [0.717, 1.165) is 6.42 Å². The summed E-state index contributed by atoms with van der Waals surface area (Å²) < 4.78 is 20.9. The number of carbonyl (C=O) groups is 2. The third kappa shape index (κ3) is 4.33. The van der Waals surface area contributed by atoms with Gasteiger partial charge in [0, 0.05) is 25.8 Å². The molecule has 0 spiro atoms. The van der Waals surface area contributed by atoms with Crippen LogP contribution in [0.25, 0.3) is 0 Å². The highest BCUT2D eigenvalue weighted by Crippen LogP contribution is 2.38. The number of rotatable bonds is 7. The monoisotopic (exact) mass is 352 g/mol. The second-order valence-electron chi connectivity index (χ2n) is 5.58. The van der Waals surface area contributed by atoms with E-state index in [1.807, 2.05) is 0 Å². The Morgan fingerprint density at radius 2 is 1.76 bits per heavy atom. The van der Waals surface area contributed by atoms with Crippen LogP contribution in [0.2, 0.25) is 0 Å². The second kappa shape index (κ2) is 8.57. The third-order valence-electron chi connectivity index (χ3n) is 4.16. The number of likely N-dealkylation sites (tertiary alicyclic amines) is 1. The highest BCUT2D eigenvalue weighted by molar-refractivity contribution is 5.97. The van der Waals surface area contributed by atoms with E-state index in [0.29, 0.717) is 35.9 Å². The maximum atomic E-state index is 12.4. The minimum Gasteiger partial charge on any atom is -0.493 e. The SMILES string of the molecule is COc1cc(C(=O)NCC(=O)N2CCC(OC)C2)cc(OC)c1OC. The molecule has 0 saturated carbocycles. The maximum Gasteiger partial charge on any atom is 0.251 e. The van der Waals surface area contributed by atoms with Crippen molar-refractivity contribution in [2.24, 2.45) is 0 Å². The molecule has 1 N–H and O–H groups in total. The topological polar surface area (TPSA) is 86.3 Å². The molecule has 1 unspecified atom stereocenters. The number of methoxy groups -OCH3 is 4. The first-order valence-corrected chi connectivity index (χ1v) is 7.92. The molecule has 8 heteroatoms. The molecule has 138 valence electrons. The number of benzene rings is 1. The molecule has 0 aliphatic carbocycles. The van der Waals surface area contributed by atoms with Crippen molar-refractivity contribution >= 4 is 11.8 Å². The molecule has 0 bridgehead atoms. The van der Waals surface area contributed by atoms with Gasteiger partial charge < -0.3 is 29.2 Å². The molecule has 8 nitrogen and oxygen atoms in total. The molecule has 1 aromatic rings. The van der Waals surface area contributed by atoms with Gasteiger partial charge in [-0.2, -0.15) is 0 Å². The summed E-state index contributed by atoms with van der Waals surface area (Å²) in [7, 11) is 6.07. The third-order valence-corrected chi connectivity index (χ3v) is 4.16. The number of carbonyl (C=O) groups excluding carboxylic acids is 2. The molecule has 0 aromatic heterocycles. The largest absolute Gasteiger partial charge is 0.493 e. The van der Waals surface area contributed by atoms with E-state index in [1.54, 1.807) is 12.0 Å². The van der Waals surface area contributed by atoms with Crippen molar-refractivity contribution in [2.45, 2.75) is 12.5 Å². The Bertz CT molecular complexity index is 609. The van der Waals surface area contributed by atoms with Crippen LogP contribution in [0.15, 0.2) is 12.1 Å². The lowest BCUT2D eigenvalue weighted by molar-refractivity contribution is -0.129. The van der Waals surface area contributed by atoms with E-state index in [-0.39, 0.29) is 18.6 Å². The van der Waals surface area contributed by atoms with Crippen molar-refractivity contribution in [1.29, 1.82) is 0 Å². The molecule has 1 aliphatic heterocycles. The summed E-state index contributed by atoms with van der Waals surface area (Å²) in [6.07, 6.45) is 0.873. The summed E-state index contributed by atoms with van der Waals surface area (Å²) in [6.45, 7) is 1.11. The molecule has 0 radical (unpaired) electrons. The van der Waals surface area contributed by atoms with Gasteiger partial charge in [0.15, 0.2) is 11.5 Å². The van der Waals surface area contributed by atoms with E-state index in [9.17, 15) is 9.59 Å². The van der Waals surface area contributed by atoms with Gasteiger partial charge in [0.1, 0.15) is 0 Å². The van der Waals surface area contributed by atoms with Crippen molar-refractivity contribution in [3.63, 3.8) is 0 Å². The first-order chi connectivity index (χ1) is 12.0. The summed E-state index contributed by atoms with van der Waals surface area (Å²) in [5, 5.41) is 2.63. The van der Waals surface area contributed by atoms with Crippen LogP contribution in [0, 0.1) is 0 Å². The lowest BCUT2D eigenvalue weighted by Gasteiger charge is -2.17. The van der Waals surface area contributed by atoms with Crippen molar-refractivity contribution in [3.05, 3.63) is 17.7 Å². The number of hydrogen-bond acceptors (Lipinski definition) is 6. The Kier molecular flexibility index (Phi) is 6.46. The predicted molar refractivity (Wildman–Crippen MR) is 90.4 cm³/mol. The van der Waals surface area contributed by atoms with Crippen molar-refractivity contribution in [2.75, 3.05) is 48.1 Å². The van der Waals surface area contributed by atoms with Crippen LogP contribution in [0.3, 0.4) is 0 Å². The van der Waals surface area contributed by atoms with Gasteiger partial charge in [-0.15, -0.1) is 0 Å². The average molecular weight is 352 g/mol. The minimum absolute atomic E-state index is 0.0646. The van der Waals surface area contributed by atoms with Gasteiger partial charge in [-0.25, -0.2) is 0 Å². The molecule has 25 heavy (non-hydrogen) atoms. The van der Waals surface area contributed by atoms with E-state index in [4.69, 9.17) is 18.9 Å². The number of nitrogens with one attached hydrogen (secondary N) is 1.